The molecule has 1 aromatic carbocycles. The summed E-state index contributed by atoms with van der Waals surface area (Å²) < 4.78 is 11.5. The van der Waals surface area contributed by atoms with E-state index in [0.717, 1.165) is 12.0 Å². The Bertz CT molecular complexity index is 365. The maximum atomic E-state index is 9.34. The van der Waals surface area contributed by atoms with Crippen LogP contribution in [0.5, 0.6) is 0 Å². The van der Waals surface area contributed by atoms with E-state index in [4.69, 9.17) is 9.47 Å². The summed E-state index contributed by atoms with van der Waals surface area (Å²) in [5.74, 6) is 0.478. The fourth-order valence-corrected chi connectivity index (χ4v) is 2.38. The standard InChI is InChI=1S/C13H16O3/c14-8-13-6-11(13)7-15-12(16-9-13)10-4-2-1-3-5-10/h1-5,11-12,14H,6-9H2/t11?,12?,13-/m1/s1. The highest BCUT2D eigenvalue weighted by Crippen LogP contribution is 2.54. The Hall–Kier alpha value is -0.900. The summed E-state index contributed by atoms with van der Waals surface area (Å²) in [6.45, 7) is 1.51. The molecule has 16 heavy (non-hydrogen) atoms. The van der Waals surface area contributed by atoms with Crippen molar-refractivity contribution in [3.05, 3.63) is 35.9 Å². The van der Waals surface area contributed by atoms with E-state index in [-0.39, 0.29) is 18.3 Å². The fraction of sp³-hybridized carbons (Fsp3) is 0.538. The van der Waals surface area contributed by atoms with Crippen LogP contribution in [0, 0.1) is 11.3 Å². The molecule has 3 atom stereocenters. The van der Waals surface area contributed by atoms with E-state index >= 15 is 0 Å². The van der Waals surface area contributed by atoms with E-state index in [9.17, 15) is 5.11 Å². The summed E-state index contributed by atoms with van der Waals surface area (Å²) in [7, 11) is 0. The Morgan fingerprint density at radius 3 is 2.81 bits per heavy atom. The molecule has 2 unspecified atom stereocenters. The lowest BCUT2D eigenvalue weighted by Crippen LogP contribution is -2.17. The quantitative estimate of drug-likeness (QED) is 0.825. The van der Waals surface area contributed by atoms with Crippen molar-refractivity contribution in [1.29, 1.82) is 0 Å². The Morgan fingerprint density at radius 2 is 2.06 bits per heavy atom. The topological polar surface area (TPSA) is 38.7 Å². The van der Waals surface area contributed by atoms with E-state index < -0.39 is 0 Å². The maximum absolute atomic E-state index is 9.34. The molecule has 2 aliphatic rings. The maximum Gasteiger partial charge on any atom is 0.183 e. The Balaban J connectivity index is 1.72. The highest BCUT2D eigenvalue weighted by atomic mass is 16.7. The first-order valence-electron chi connectivity index (χ1n) is 5.73. The van der Waals surface area contributed by atoms with Crippen LogP contribution in [0.1, 0.15) is 18.3 Å². The predicted molar refractivity (Wildman–Crippen MR) is 58.7 cm³/mol. The molecule has 1 aliphatic carbocycles. The minimum absolute atomic E-state index is 0.0104. The van der Waals surface area contributed by atoms with Crippen LogP contribution >= 0.6 is 0 Å². The van der Waals surface area contributed by atoms with Crippen LogP contribution in [0.15, 0.2) is 30.3 Å². The first-order valence-corrected chi connectivity index (χ1v) is 5.73. The molecule has 3 rings (SSSR count). The molecule has 2 fully saturated rings. The lowest BCUT2D eigenvalue weighted by atomic mass is 10.1. The van der Waals surface area contributed by atoms with Crippen molar-refractivity contribution < 1.29 is 14.6 Å². The van der Waals surface area contributed by atoms with Gasteiger partial charge in [-0.3, -0.25) is 0 Å². The number of aliphatic hydroxyl groups excluding tert-OH is 1. The molecule has 1 heterocycles. The number of hydrogen-bond acceptors (Lipinski definition) is 3. The van der Waals surface area contributed by atoms with E-state index in [1.165, 1.54) is 0 Å². The Morgan fingerprint density at radius 1 is 1.25 bits per heavy atom. The third-order valence-electron chi connectivity index (χ3n) is 3.72. The molecular weight excluding hydrogens is 204 g/mol. The van der Waals surface area contributed by atoms with Crippen molar-refractivity contribution in [2.24, 2.45) is 11.3 Å². The number of ether oxygens (including phenoxy) is 2. The van der Waals surface area contributed by atoms with Gasteiger partial charge >= 0.3 is 0 Å². The SMILES string of the molecule is OC[C@]12COC(c3ccccc3)OCC1C2. The van der Waals surface area contributed by atoms with E-state index in [1.807, 2.05) is 30.3 Å². The number of fused-ring (bicyclic) bond motifs is 1. The van der Waals surface area contributed by atoms with Crippen LogP contribution in [-0.4, -0.2) is 24.9 Å². The molecule has 1 aliphatic heterocycles. The predicted octanol–water partition coefficient (Wildman–Crippen LogP) is 1.73. The molecule has 3 heteroatoms. The van der Waals surface area contributed by atoms with Gasteiger partial charge in [0.15, 0.2) is 6.29 Å². The molecule has 3 nitrogen and oxygen atoms in total. The zero-order chi connectivity index (χ0) is 11.0. The van der Waals surface area contributed by atoms with Crippen molar-refractivity contribution in [3.8, 4) is 0 Å². The van der Waals surface area contributed by atoms with Gasteiger partial charge in [-0.15, -0.1) is 0 Å². The molecule has 1 saturated heterocycles. The summed E-state index contributed by atoms with van der Waals surface area (Å²) >= 11 is 0. The van der Waals surface area contributed by atoms with Crippen molar-refractivity contribution >= 4 is 0 Å². The number of aliphatic hydroxyl groups is 1. The molecule has 0 amide bonds. The summed E-state index contributed by atoms with van der Waals surface area (Å²) in [6.07, 6.45) is 0.766. The van der Waals surface area contributed by atoms with E-state index in [1.54, 1.807) is 0 Å². The van der Waals surface area contributed by atoms with Gasteiger partial charge in [-0.25, -0.2) is 0 Å². The van der Waals surface area contributed by atoms with Gasteiger partial charge < -0.3 is 14.6 Å². The first kappa shape index (κ1) is 10.3. The second kappa shape index (κ2) is 3.84. The van der Waals surface area contributed by atoms with Crippen molar-refractivity contribution in [3.63, 3.8) is 0 Å². The number of benzene rings is 1. The van der Waals surface area contributed by atoms with Gasteiger partial charge in [0.2, 0.25) is 0 Å². The zero-order valence-corrected chi connectivity index (χ0v) is 9.13. The Kier molecular flexibility index (Phi) is 2.46. The molecule has 0 radical (unpaired) electrons. The number of hydrogen-bond donors (Lipinski definition) is 1. The average molecular weight is 220 g/mol. The van der Waals surface area contributed by atoms with E-state index in [0.29, 0.717) is 19.1 Å². The summed E-state index contributed by atoms with van der Waals surface area (Å²) in [4.78, 5) is 0. The van der Waals surface area contributed by atoms with Gasteiger partial charge in [-0.2, -0.15) is 0 Å². The van der Waals surface area contributed by atoms with Crippen molar-refractivity contribution in [2.75, 3.05) is 19.8 Å². The van der Waals surface area contributed by atoms with Gasteiger partial charge in [-0.05, 0) is 12.3 Å². The fourth-order valence-electron chi connectivity index (χ4n) is 2.38. The zero-order valence-electron chi connectivity index (χ0n) is 9.13. The van der Waals surface area contributed by atoms with Crippen LogP contribution in [0.3, 0.4) is 0 Å². The molecule has 0 aromatic heterocycles. The minimum atomic E-state index is -0.266. The molecule has 1 aromatic rings. The third-order valence-corrected chi connectivity index (χ3v) is 3.72. The van der Waals surface area contributed by atoms with Crippen LogP contribution < -0.4 is 0 Å². The third kappa shape index (κ3) is 1.65. The van der Waals surface area contributed by atoms with Crippen molar-refractivity contribution in [2.45, 2.75) is 12.7 Å². The monoisotopic (exact) mass is 220 g/mol. The summed E-state index contributed by atoms with van der Waals surface area (Å²) in [5.41, 5.74) is 1.04. The van der Waals surface area contributed by atoms with Gasteiger partial charge in [0.25, 0.3) is 0 Å². The average Bonchev–Trinajstić information content (AvgIpc) is 3.04. The van der Waals surface area contributed by atoms with Gasteiger partial charge in [-0.1, -0.05) is 30.3 Å². The lowest BCUT2D eigenvalue weighted by molar-refractivity contribution is -0.143. The lowest BCUT2D eigenvalue weighted by Gasteiger charge is -2.18. The highest BCUT2D eigenvalue weighted by molar-refractivity contribution is 5.16. The number of rotatable bonds is 2. The summed E-state index contributed by atoms with van der Waals surface area (Å²) in [6, 6.07) is 9.96. The molecule has 1 saturated carbocycles. The van der Waals surface area contributed by atoms with Crippen molar-refractivity contribution in [1.82, 2.24) is 0 Å². The van der Waals surface area contributed by atoms with Crippen LogP contribution in [0.2, 0.25) is 0 Å². The normalized spacial score (nSPS) is 37.6. The van der Waals surface area contributed by atoms with Gasteiger partial charge in [0.1, 0.15) is 0 Å². The van der Waals surface area contributed by atoms with Gasteiger partial charge in [0, 0.05) is 11.0 Å². The van der Waals surface area contributed by atoms with Gasteiger partial charge in [0.05, 0.1) is 19.8 Å². The molecule has 0 spiro atoms. The Labute approximate surface area is 95.0 Å². The molecule has 0 bridgehead atoms. The smallest absolute Gasteiger partial charge is 0.183 e. The molecular formula is C13H16O3. The molecule has 86 valence electrons. The van der Waals surface area contributed by atoms with Crippen LogP contribution in [-0.2, 0) is 9.47 Å². The minimum Gasteiger partial charge on any atom is -0.396 e. The molecule has 1 N–H and O–H groups in total. The first-order chi connectivity index (χ1) is 7.84. The van der Waals surface area contributed by atoms with Crippen LogP contribution in [0.4, 0.5) is 0 Å². The van der Waals surface area contributed by atoms with E-state index in [2.05, 4.69) is 0 Å². The second-order valence-electron chi connectivity index (χ2n) is 4.81. The van der Waals surface area contributed by atoms with Crippen LogP contribution in [0.25, 0.3) is 0 Å². The summed E-state index contributed by atoms with van der Waals surface area (Å²) in [5, 5.41) is 9.34. The second-order valence-corrected chi connectivity index (χ2v) is 4.81. The largest absolute Gasteiger partial charge is 0.396 e. The highest BCUT2D eigenvalue weighted by Gasteiger charge is 2.55.